The third-order valence-corrected chi connectivity index (χ3v) is 9.39. The van der Waals surface area contributed by atoms with Crippen LogP contribution in [0.4, 0.5) is 0 Å². The highest BCUT2D eigenvalue weighted by Crippen LogP contribution is 2.68. The highest BCUT2D eigenvalue weighted by atomic mass is 28.4. The van der Waals surface area contributed by atoms with Crippen molar-refractivity contribution in [1.29, 1.82) is 0 Å². The van der Waals surface area contributed by atoms with Gasteiger partial charge < -0.3 is 13.6 Å². The van der Waals surface area contributed by atoms with Gasteiger partial charge in [0.05, 0.1) is 5.92 Å². The van der Waals surface area contributed by atoms with Gasteiger partial charge in [-0.15, -0.1) is 0 Å². The molecule has 7 unspecified atom stereocenters. The van der Waals surface area contributed by atoms with Gasteiger partial charge in [0, 0.05) is 14.2 Å². The average molecular weight is 415 g/mol. The van der Waals surface area contributed by atoms with E-state index in [1.165, 1.54) is 25.7 Å². The summed E-state index contributed by atoms with van der Waals surface area (Å²) in [5, 5.41) is 0. The maximum atomic E-state index is 12.4. The Bertz CT molecular complexity index is 521. The molecule has 0 aromatic rings. The van der Waals surface area contributed by atoms with Crippen LogP contribution in [0.25, 0.3) is 0 Å². The van der Waals surface area contributed by atoms with Gasteiger partial charge in [0.25, 0.3) is 0 Å². The minimum atomic E-state index is -1.65. The lowest BCUT2D eigenvalue weighted by atomic mass is 9.67. The van der Waals surface area contributed by atoms with E-state index in [2.05, 4.69) is 0 Å². The van der Waals surface area contributed by atoms with E-state index in [-0.39, 0.29) is 32.3 Å². The van der Waals surface area contributed by atoms with E-state index < -0.39 is 8.56 Å². The van der Waals surface area contributed by atoms with Crippen molar-refractivity contribution < 1.29 is 18.4 Å². The van der Waals surface area contributed by atoms with Gasteiger partial charge in [-0.05, 0) is 101 Å². The Morgan fingerprint density at radius 2 is 1.39 bits per heavy atom. The van der Waals surface area contributed by atoms with E-state index in [1.54, 1.807) is 14.2 Å². The van der Waals surface area contributed by atoms with Crippen LogP contribution in [0.5, 0.6) is 0 Å². The maximum Gasteiger partial charge on any atom is 0.331 e. The zero-order valence-electron chi connectivity index (χ0n) is 17.7. The monoisotopic (exact) mass is 414 g/mol. The molecular formula is C23H46O4Si. The zero-order valence-corrected chi connectivity index (χ0v) is 18.7. The first-order chi connectivity index (χ1) is 12.1. The Kier molecular flexibility index (Phi) is 8.40. The second-order valence-corrected chi connectivity index (χ2v) is 13.9. The van der Waals surface area contributed by atoms with E-state index in [9.17, 15) is 4.79 Å². The minimum absolute atomic E-state index is 0. The van der Waals surface area contributed by atoms with Crippen LogP contribution >= 0.6 is 0 Å². The molecule has 4 aliphatic carbocycles. The number of fused-ring (bicyclic) bond motifs is 9. The van der Waals surface area contributed by atoms with Crippen LogP contribution in [0, 0.1) is 41.4 Å². The minimum Gasteiger partial charge on any atom is -0.460 e. The Hall–Kier alpha value is -0.393. The van der Waals surface area contributed by atoms with Crippen LogP contribution in [0.3, 0.4) is 0 Å². The van der Waals surface area contributed by atoms with Crippen molar-refractivity contribution >= 4 is 14.5 Å². The molecule has 0 N–H and O–H groups in total. The number of esters is 1. The van der Waals surface area contributed by atoms with Gasteiger partial charge in [0.1, 0.15) is 5.60 Å². The van der Waals surface area contributed by atoms with E-state index in [4.69, 9.17) is 13.6 Å². The molecule has 0 aromatic heterocycles. The van der Waals surface area contributed by atoms with E-state index in [1.807, 2.05) is 33.9 Å². The number of carbonyl (C=O) groups is 1. The average Bonchev–Trinajstić information content (AvgIpc) is 3.31. The molecule has 0 saturated heterocycles. The summed E-state index contributed by atoms with van der Waals surface area (Å²) < 4.78 is 15.7. The molecule has 4 saturated carbocycles. The van der Waals surface area contributed by atoms with Crippen LogP contribution in [0.1, 0.15) is 67.7 Å². The lowest BCUT2D eigenvalue weighted by molar-refractivity contribution is -0.163. The molecule has 28 heavy (non-hydrogen) atoms. The van der Waals surface area contributed by atoms with Gasteiger partial charge in [-0.1, -0.05) is 14.9 Å². The highest BCUT2D eigenvalue weighted by Gasteiger charge is 2.63. The molecule has 4 bridgehead atoms. The number of hydrogen-bond donors (Lipinski definition) is 0. The molecule has 166 valence electrons. The predicted octanol–water partition coefficient (Wildman–Crippen LogP) is 5.90. The van der Waals surface area contributed by atoms with E-state index >= 15 is 0 Å². The quantitative estimate of drug-likeness (QED) is 0.328. The highest BCUT2D eigenvalue weighted by molar-refractivity contribution is 6.64. The summed E-state index contributed by atoms with van der Waals surface area (Å²) in [6.45, 7) is 9.94. The van der Waals surface area contributed by atoms with Gasteiger partial charge in [-0.2, -0.15) is 0 Å². The normalized spacial score (nSPS) is 37.3. The lowest BCUT2D eigenvalue weighted by Gasteiger charge is -2.38. The lowest BCUT2D eigenvalue weighted by Crippen LogP contribution is -2.38. The Morgan fingerprint density at radius 3 is 1.86 bits per heavy atom. The molecule has 4 aliphatic rings. The first-order valence-corrected chi connectivity index (χ1v) is 13.2. The molecular weight excluding hydrogens is 368 g/mol. The first kappa shape index (κ1) is 25.6. The van der Waals surface area contributed by atoms with Gasteiger partial charge in [-0.25, -0.2) is 0 Å². The summed E-state index contributed by atoms with van der Waals surface area (Å²) in [6, 6.07) is 0. The summed E-state index contributed by atoms with van der Waals surface area (Å²) in [5.74, 6) is 5.69. The standard InChI is InChI=1S/C17H26O2.C4H12O2Si.2CH4/c1-17(2,3)19-16(18)13-8-11-7-12(13)15-10-5-4-9(6-10)14(11)15;1-5-7(3,4)6-2;;/h9-15H,4-8H2,1-3H3;1-4H3;2*1H4. The third kappa shape index (κ3) is 5.01. The van der Waals surface area contributed by atoms with Gasteiger partial charge in [0.2, 0.25) is 0 Å². The van der Waals surface area contributed by atoms with Crippen LogP contribution < -0.4 is 0 Å². The van der Waals surface area contributed by atoms with Crippen molar-refractivity contribution in [2.75, 3.05) is 14.2 Å². The zero-order chi connectivity index (χ0) is 19.3. The molecule has 5 heteroatoms. The summed E-state index contributed by atoms with van der Waals surface area (Å²) in [7, 11) is 1.70. The molecule has 0 amide bonds. The SMILES string of the molecule is C.C.CC(C)(C)OC(=O)C1CC2CC1C1C3CCC(C3)C21.CO[Si](C)(C)OC. The van der Waals surface area contributed by atoms with Crippen LogP contribution in [-0.4, -0.2) is 34.4 Å². The predicted molar refractivity (Wildman–Crippen MR) is 118 cm³/mol. The second kappa shape index (κ2) is 9.17. The van der Waals surface area contributed by atoms with Gasteiger partial charge >= 0.3 is 14.5 Å². The Labute approximate surface area is 175 Å². The fourth-order valence-electron chi connectivity index (χ4n) is 6.30. The number of carbonyl (C=O) groups excluding carboxylic acids is 1. The molecule has 4 nitrogen and oxygen atoms in total. The summed E-state index contributed by atoms with van der Waals surface area (Å²) in [6.07, 6.45) is 6.85. The second-order valence-electron chi connectivity index (χ2n) is 10.3. The van der Waals surface area contributed by atoms with Crippen molar-refractivity contribution in [3.8, 4) is 0 Å². The van der Waals surface area contributed by atoms with Crippen molar-refractivity contribution in [2.24, 2.45) is 41.4 Å². The molecule has 4 fully saturated rings. The Balaban J connectivity index is 0.000000382. The number of rotatable bonds is 3. The summed E-state index contributed by atoms with van der Waals surface area (Å²) in [5.41, 5.74) is -0.326. The van der Waals surface area contributed by atoms with Crippen molar-refractivity contribution in [1.82, 2.24) is 0 Å². The summed E-state index contributed by atoms with van der Waals surface area (Å²) >= 11 is 0. The molecule has 0 aromatic carbocycles. The molecule has 0 aliphatic heterocycles. The molecule has 0 heterocycles. The van der Waals surface area contributed by atoms with Crippen molar-refractivity contribution in [2.45, 2.75) is 86.4 Å². The van der Waals surface area contributed by atoms with E-state index in [0.29, 0.717) is 5.92 Å². The van der Waals surface area contributed by atoms with Crippen molar-refractivity contribution in [3.05, 3.63) is 0 Å². The smallest absolute Gasteiger partial charge is 0.331 e. The van der Waals surface area contributed by atoms with Gasteiger partial charge in [0.15, 0.2) is 0 Å². The fraction of sp³-hybridized carbons (Fsp3) is 0.957. The van der Waals surface area contributed by atoms with Gasteiger partial charge in [-0.3, -0.25) is 4.79 Å². The fourth-order valence-corrected chi connectivity index (χ4v) is 6.46. The van der Waals surface area contributed by atoms with Crippen LogP contribution in [0.15, 0.2) is 0 Å². The summed E-state index contributed by atoms with van der Waals surface area (Å²) in [4.78, 5) is 12.4. The molecule has 7 atom stereocenters. The number of hydrogen-bond acceptors (Lipinski definition) is 4. The molecule has 0 radical (unpaired) electrons. The van der Waals surface area contributed by atoms with Crippen LogP contribution in [-0.2, 0) is 18.4 Å². The molecule has 0 spiro atoms. The van der Waals surface area contributed by atoms with Crippen LogP contribution in [0.2, 0.25) is 13.1 Å². The largest absolute Gasteiger partial charge is 0.460 e. The number of ether oxygens (including phenoxy) is 1. The maximum absolute atomic E-state index is 12.4. The van der Waals surface area contributed by atoms with E-state index in [0.717, 1.165) is 36.0 Å². The molecule has 4 rings (SSSR count). The topological polar surface area (TPSA) is 44.8 Å². The first-order valence-electron chi connectivity index (χ1n) is 10.4. The third-order valence-electron chi connectivity index (χ3n) is 7.43. The Morgan fingerprint density at radius 1 is 0.857 bits per heavy atom. The van der Waals surface area contributed by atoms with Crippen molar-refractivity contribution in [3.63, 3.8) is 0 Å².